The van der Waals surface area contributed by atoms with Crippen LogP contribution in [0.3, 0.4) is 0 Å². The van der Waals surface area contributed by atoms with Crippen LogP contribution in [-0.2, 0) is 11.3 Å². The third-order valence-corrected chi connectivity index (χ3v) is 4.96. The fourth-order valence-electron chi connectivity index (χ4n) is 3.58. The molecule has 0 bridgehead atoms. The van der Waals surface area contributed by atoms with E-state index in [1.54, 1.807) is 6.20 Å². The van der Waals surface area contributed by atoms with E-state index in [0.29, 0.717) is 24.5 Å². The number of pyridine rings is 1. The fraction of sp³-hybridized carbons (Fsp3) is 0.286. The summed E-state index contributed by atoms with van der Waals surface area (Å²) >= 11 is 0. The molecule has 1 fully saturated rings. The molecule has 1 aromatic carbocycles. The Morgan fingerprint density at radius 2 is 2.25 bits per heavy atom. The van der Waals surface area contributed by atoms with E-state index >= 15 is 0 Å². The third-order valence-electron chi connectivity index (χ3n) is 4.96. The van der Waals surface area contributed by atoms with Gasteiger partial charge < -0.3 is 10.6 Å². The predicted octanol–water partition coefficient (Wildman–Crippen LogP) is 1.63. The van der Waals surface area contributed by atoms with Crippen molar-refractivity contribution in [3.63, 3.8) is 0 Å². The Bertz CT molecular complexity index is 1050. The molecule has 0 aliphatic carbocycles. The zero-order valence-electron chi connectivity index (χ0n) is 15.9. The smallest absolute Gasteiger partial charge is 0.217 e. The van der Waals surface area contributed by atoms with Crippen molar-refractivity contribution in [3.05, 3.63) is 53.9 Å². The van der Waals surface area contributed by atoms with E-state index in [1.807, 2.05) is 48.3 Å². The Balaban J connectivity index is 1.56. The number of amides is 1. The third kappa shape index (κ3) is 3.69. The molecule has 1 amide bonds. The Morgan fingerprint density at radius 3 is 3.00 bits per heavy atom. The standard InChI is InChI=1S/C21H22N6O/c1-13(28)25-19-9-18(16-11-27(2)12-16)26-21(20(19)22)24-10-14-5-6-17-15(8-14)4-3-7-23-17/h3-8,11-12,18-19,22H,9-10H2,1-2H3,(H-,24,25,26,28)/p+1. The molecule has 0 spiro atoms. The van der Waals surface area contributed by atoms with Gasteiger partial charge in [-0.05, 0) is 30.2 Å². The van der Waals surface area contributed by atoms with Crippen molar-refractivity contribution < 1.29 is 9.37 Å². The summed E-state index contributed by atoms with van der Waals surface area (Å²) in [4.78, 5) is 20.6. The van der Waals surface area contributed by atoms with Crippen molar-refractivity contribution in [2.75, 3.05) is 7.05 Å². The maximum absolute atomic E-state index is 11.6. The first-order valence-electron chi connectivity index (χ1n) is 9.28. The first kappa shape index (κ1) is 18.0. The average Bonchev–Trinajstić information content (AvgIpc) is 2.65. The summed E-state index contributed by atoms with van der Waals surface area (Å²) < 4.78 is 1.99. The van der Waals surface area contributed by atoms with Crippen LogP contribution in [-0.4, -0.2) is 52.4 Å². The second kappa shape index (κ2) is 7.34. The van der Waals surface area contributed by atoms with Crippen LogP contribution in [0.5, 0.6) is 0 Å². The number of fused-ring (bicyclic) bond motifs is 1. The summed E-state index contributed by atoms with van der Waals surface area (Å²) in [5.41, 5.74) is 3.47. The first-order valence-corrected chi connectivity index (χ1v) is 9.28. The number of carbonyl (C=O) groups is 1. The molecule has 1 aromatic heterocycles. The number of benzene rings is 1. The van der Waals surface area contributed by atoms with Crippen LogP contribution in [0.25, 0.3) is 10.9 Å². The number of rotatable bonds is 4. The van der Waals surface area contributed by atoms with Gasteiger partial charge in [0.1, 0.15) is 18.5 Å². The van der Waals surface area contributed by atoms with Crippen LogP contribution in [0.2, 0.25) is 0 Å². The number of hydrogen-bond donors (Lipinski definition) is 3. The summed E-state index contributed by atoms with van der Waals surface area (Å²) in [5.74, 6) is 0.394. The number of nitrogens with zero attached hydrogens (tertiary/aromatic N) is 3. The van der Waals surface area contributed by atoms with E-state index in [-0.39, 0.29) is 18.0 Å². The summed E-state index contributed by atoms with van der Waals surface area (Å²) in [6, 6.07) is 9.68. The van der Waals surface area contributed by atoms with E-state index < -0.39 is 0 Å². The van der Waals surface area contributed by atoms with Crippen molar-refractivity contribution in [1.82, 2.24) is 15.6 Å². The lowest BCUT2D eigenvalue weighted by Crippen LogP contribution is -2.58. The second-order valence-electron chi connectivity index (χ2n) is 7.22. The quantitative estimate of drug-likeness (QED) is 0.709. The van der Waals surface area contributed by atoms with Crippen LogP contribution < -0.4 is 10.6 Å². The Hall–Kier alpha value is -3.35. The minimum Gasteiger partial charge on any atom is -0.361 e. The molecule has 0 radical (unpaired) electrons. The minimum atomic E-state index is -0.344. The van der Waals surface area contributed by atoms with Gasteiger partial charge in [-0.2, -0.15) is 0 Å². The molecular formula is C21H23N6O+. The summed E-state index contributed by atoms with van der Waals surface area (Å²) in [7, 11) is 1.98. The van der Waals surface area contributed by atoms with Crippen molar-refractivity contribution in [2.45, 2.75) is 32.0 Å². The topological polar surface area (TPSA) is 93.2 Å². The Labute approximate surface area is 163 Å². The zero-order chi connectivity index (χ0) is 19.7. The highest BCUT2D eigenvalue weighted by atomic mass is 16.1. The molecule has 3 N–H and O–H groups in total. The highest BCUT2D eigenvalue weighted by molar-refractivity contribution is 6.43. The minimum absolute atomic E-state index is 0.0294. The number of piperidine rings is 1. The molecule has 2 unspecified atom stereocenters. The normalized spacial score (nSPS) is 22.9. The average molecular weight is 375 g/mol. The van der Waals surface area contributed by atoms with E-state index in [2.05, 4.69) is 26.7 Å². The molecule has 0 saturated carbocycles. The van der Waals surface area contributed by atoms with E-state index in [9.17, 15) is 4.79 Å². The molecule has 7 heteroatoms. The van der Waals surface area contributed by atoms with E-state index in [0.717, 1.165) is 22.0 Å². The highest BCUT2D eigenvalue weighted by Gasteiger charge is 2.35. The lowest BCUT2D eigenvalue weighted by molar-refractivity contribution is -0.429. The molecular weight excluding hydrogens is 352 g/mol. The summed E-state index contributed by atoms with van der Waals surface area (Å²) in [6.45, 7) is 1.94. The largest absolute Gasteiger partial charge is 0.361 e. The molecule has 1 saturated heterocycles. The van der Waals surface area contributed by atoms with Gasteiger partial charge in [0.15, 0.2) is 12.4 Å². The number of nitrogens with one attached hydrogen (secondary N) is 3. The van der Waals surface area contributed by atoms with Gasteiger partial charge in [-0.3, -0.25) is 20.2 Å². The van der Waals surface area contributed by atoms with Crippen molar-refractivity contribution in [2.24, 2.45) is 4.99 Å². The van der Waals surface area contributed by atoms with Gasteiger partial charge in [-0.15, -0.1) is 0 Å². The van der Waals surface area contributed by atoms with Crippen LogP contribution in [0, 0.1) is 5.41 Å². The fourth-order valence-corrected chi connectivity index (χ4v) is 3.58. The van der Waals surface area contributed by atoms with Crippen LogP contribution in [0.4, 0.5) is 0 Å². The molecule has 2 aliphatic heterocycles. The molecule has 7 nitrogen and oxygen atoms in total. The molecule has 2 aliphatic rings. The van der Waals surface area contributed by atoms with Gasteiger partial charge in [0.05, 0.1) is 29.9 Å². The van der Waals surface area contributed by atoms with E-state index in [4.69, 9.17) is 5.41 Å². The van der Waals surface area contributed by atoms with Gasteiger partial charge in [0.2, 0.25) is 5.91 Å². The predicted molar refractivity (Wildman–Crippen MR) is 110 cm³/mol. The van der Waals surface area contributed by atoms with Gasteiger partial charge in [-0.1, -0.05) is 12.1 Å². The SMILES string of the molecule is CC(=O)NC1CC(C2=C[N+](C)=C2)NC(=NCc2ccc3ncccc3c2)C1=N. The summed E-state index contributed by atoms with van der Waals surface area (Å²) in [6.07, 6.45) is 6.51. The van der Waals surface area contributed by atoms with Crippen LogP contribution >= 0.6 is 0 Å². The number of amidine groups is 1. The molecule has 2 atom stereocenters. The lowest BCUT2D eigenvalue weighted by atomic mass is 9.91. The van der Waals surface area contributed by atoms with E-state index in [1.165, 1.54) is 6.92 Å². The molecule has 4 rings (SSSR count). The number of carbonyl (C=O) groups excluding carboxylic acids is 1. The molecule has 2 aromatic rings. The van der Waals surface area contributed by atoms with Crippen LogP contribution in [0.15, 0.2) is 53.3 Å². The lowest BCUT2D eigenvalue weighted by Gasteiger charge is -2.33. The monoisotopic (exact) mass is 375 g/mol. The Kier molecular flexibility index (Phi) is 4.73. The van der Waals surface area contributed by atoms with Crippen molar-refractivity contribution in [1.29, 1.82) is 5.41 Å². The molecule has 142 valence electrons. The number of aromatic nitrogens is 1. The number of hydrogen-bond acceptors (Lipinski definition) is 4. The first-order chi connectivity index (χ1) is 13.5. The maximum Gasteiger partial charge on any atom is 0.217 e. The second-order valence-corrected chi connectivity index (χ2v) is 7.22. The zero-order valence-corrected chi connectivity index (χ0v) is 15.9. The number of aliphatic imine (C=N–C) groups is 1. The Morgan fingerprint density at radius 1 is 1.43 bits per heavy atom. The maximum atomic E-state index is 11.6. The van der Waals surface area contributed by atoms with Crippen LogP contribution in [0.1, 0.15) is 18.9 Å². The van der Waals surface area contributed by atoms with Crippen molar-refractivity contribution in [3.8, 4) is 0 Å². The molecule has 3 heterocycles. The molecule has 28 heavy (non-hydrogen) atoms. The highest BCUT2D eigenvalue weighted by Crippen LogP contribution is 2.19. The van der Waals surface area contributed by atoms with Gasteiger partial charge in [-0.25, -0.2) is 4.58 Å². The van der Waals surface area contributed by atoms with Gasteiger partial charge in [0, 0.05) is 18.5 Å². The van der Waals surface area contributed by atoms with Gasteiger partial charge >= 0.3 is 0 Å². The summed E-state index contributed by atoms with van der Waals surface area (Å²) in [5, 5.41) is 15.8. The van der Waals surface area contributed by atoms with Crippen molar-refractivity contribution >= 4 is 34.6 Å². The van der Waals surface area contributed by atoms with Gasteiger partial charge in [0.25, 0.3) is 0 Å².